The quantitative estimate of drug-likeness (QED) is 0.847. The Labute approximate surface area is 113 Å². The van der Waals surface area contributed by atoms with Gasteiger partial charge in [0.05, 0.1) is 0 Å². The van der Waals surface area contributed by atoms with E-state index in [9.17, 15) is 0 Å². The van der Waals surface area contributed by atoms with Gasteiger partial charge in [-0.2, -0.15) is 0 Å². The first kappa shape index (κ1) is 12.2. The molecule has 0 bridgehead atoms. The number of likely N-dealkylation sites (N-methyl/N-ethyl adjacent to an activating group) is 1. The van der Waals surface area contributed by atoms with Crippen LogP contribution < -0.4 is 5.32 Å². The normalized spacial score (nSPS) is 17.8. The third kappa shape index (κ3) is 2.32. The minimum atomic E-state index is 0.682. The van der Waals surface area contributed by atoms with Gasteiger partial charge in [-0.15, -0.1) is 11.3 Å². The van der Waals surface area contributed by atoms with Crippen molar-refractivity contribution in [2.24, 2.45) is 5.92 Å². The Morgan fingerprint density at radius 3 is 2.89 bits per heavy atom. The summed E-state index contributed by atoms with van der Waals surface area (Å²) < 4.78 is 1.43. The number of hydrogen-bond acceptors (Lipinski definition) is 2. The summed E-state index contributed by atoms with van der Waals surface area (Å²) in [6, 6.07) is 9.47. The highest BCUT2D eigenvalue weighted by molar-refractivity contribution is 7.17. The number of hydrogen-bond donors (Lipinski definition) is 1. The van der Waals surface area contributed by atoms with Crippen LogP contribution in [0.1, 0.15) is 31.7 Å². The van der Waals surface area contributed by atoms with Crippen molar-refractivity contribution >= 4 is 21.4 Å². The van der Waals surface area contributed by atoms with E-state index in [1.807, 2.05) is 11.3 Å². The Kier molecular flexibility index (Phi) is 3.67. The molecule has 3 rings (SSSR count). The van der Waals surface area contributed by atoms with E-state index in [2.05, 4.69) is 41.9 Å². The fourth-order valence-electron chi connectivity index (χ4n) is 2.94. The first-order valence-electron chi connectivity index (χ1n) is 7.07. The van der Waals surface area contributed by atoms with Crippen molar-refractivity contribution < 1.29 is 0 Å². The van der Waals surface area contributed by atoms with Gasteiger partial charge in [0.25, 0.3) is 0 Å². The van der Waals surface area contributed by atoms with Crippen molar-refractivity contribution in [2.45, 2.75) is 38.6 Å². The minimum absolute atomic E-state index is 0.682. The van der Waals surface area contributed by atoms with Crippen LogP contribution in [0, 0.1) is 5.92 Å². The van der Waals surface area contributed by atoms with Crippen LogP contribution in [0.2, 0.25) is 0 Å². The molecule has 1 fully saturated rings. The average molecular weight is 259 g/mol. The lowest BCUT2D eigenvalue weighted by molar-refractivity contribution is 0.230. The molecule has 0 aliphatic heterocycles. The van der Waals surface area contributed by atoms with Gasteiger partial charge in [-0.1, -0.05) is 31.5 Å². The first-order valence-corrected chi connectivity index (χ1v) is 7.95. The Morgan fingerprint density at radius 2 is 2.17 bits per heavy atom. The molecule has 0 saturated heterocycles. The van der Waals surface area contributed by atoms with Crippen LogP contribution in [0.4, 0.5) is 0 Å². The van der Waals surface area contributed by atoms with Gasteiger partial charge in [0.2, 0.25) is 0 Å². The molecule has 1 atom stereocenters. The SMILES string of the molecule is CCNC(Cc1csc2ccccc12)C1CCC1. The van der Waals surface area contributed by atoms with Crippen LogP contribution in [0.3, 0.4) is 0 Å². The third-order valence-electron chi connectivity index (χ3n) is 4.19. The van der Waals surface area contributed by atoms with Crippen molar-refractivity contribution in [3.05, 3.63) is 35.2 Å². The van der Waals surface area contributed by atoms with Gasteiger partial charge in [-0.3, -0.25) is 0 Å². The number of thiophene rings is 1. The molecule has 0 amide bonds. The second kappa shape index (κ2) is 5.41. The van der Waals surface area contributed by atoms with E-state index in [1.165, 1.54) is 41.3 Å². The standard InChI is InChI=1S/C16H21NS/c1-2-17-15(12-6-5-7-12)10-13-11-18-16-9-4-3-8-14(13)16/h3-4,8-9,11-12,15,17H,2,5-7,10H2,1H3. The van der Waals surface area contributed by atoms with Crippen LogP contribution in [0.25, 0.3) is 10.1 Å². The fourth-order valence-corrected chi connectivity index (χ4v) is 3.91. The summed E-state index contributed by atoms with van der Waals surface area (Å²) in [6.07, 6.45) is 5.46. The largest absolute Gasteiger partial charge is 0.314 e. The smallest absolute Gasteiger partial charge is 0.0345 e. The van der Waals surface area contributed by atoms with Crippen LogP contribution in [-0.4, -0.2) is 12.6 Å². The molecule has 1 unspecified atom stereocenters. The van der Waals surface area contributed by atoms with Crippen molar-refractivity contribution in [2.75, 3.05) is 6.54 Å². The van der Waals surface area contributed by atoms with Gasteiger partial charge in [0.15, 0.2) is 0 Å². The molecule has 1 nitrogen and oxygen atoms in total. The summed E-state index contributed by atoms with van der Waals surface area (Å²) in [5.41, 5.74) is 1.54. The number of rotatable bonds is 5. The number of nitrogens with one attached hydrogen (secondary N) is 1. The predicted octanol–water partition coefficient (Wildman–Crippen LogP) is 4.22. The molecule has 96 valence electrons. The Bertz CT molecular complexity index is 513. The van der Waals surface area contributed by atoms with Crippen molar-refractivity contribution in [3.8, 4) is 0 Å². The van der Waals surface area contributed by atoms with E-state index in [-0.39, 0.29) is 0 Å². The van der Waals surface area contributed by atoms with Crippen LogP contribution >= 0.6 is 11.3 Å². The van der Waals surface area contributed by atoms with Crippen molar-refractivity contribution in [1.82, 2.24) is 5.32 Å². The summed E-state index contributed by atoms with van der Waals surface area (Å²) in [5.74, 6) is 0.906. The summed E-state index contributed by atoms with van der Waals surface area (Å²) in [6.45, 7) is 3.31. The zero-order valence-electron chi connectivity index (χ0n) is 11.0. The Morgan fingerprint density at radius 1 is 1.33 bits per heavy atom. The van der Waals surface area contributed by atoms with Gasteiger partial charge >= 0.3 is 0 Å². The Balaban J connectivity index is 1.80. The molecule has 2 heteroatoms. The molecule has 1 saturated carbocycles. The topological polar surface area (TPSA) is 12.0 Å². The molecular weight excluding hydrogens is 238 g/mol. The molecule has 1 aliphatic rings. The summed E-state index contributed by atoms with van der Waals surface area (Å²) >= 11 is 1.88. The zero-order chi connectivity index (χ0) is 12.4. The number of benzene rings is 1. The molecule has 18 heavy (non-hydrogen) atoms. The summed E-state index contributed by atoms with van der Waals surface area (Å²) in [7, 11) is 0. The van der Waals surface area contributed by atoms with E-state index in [0.717, 1.165) is 12.5 Å². The molecule has 1 heterocycles. The molecular formula is C16H21NS. The van der Waals surface area contributed by atoms with E-state index in [1.54, 1.807) is 0 Å². The monoisotopic (exact) mass is 259 g/mol. The lowest BCUT2D eigenvalue weighted by Crippen LogP contribution is -2.41. The Hall–Kier alpha value is -0.860. The molecule has 1 aromatic carbocycles. The van der Waals surface area contributed by atoms with Gasteiger partial charge in [0.1, 0.15) is 0 Å². The maximum Gasteiger partial charge on any atom is 0.0345 e. The van der Waals surface area contributed by atoms with Gasteiger partial charge in [0, 0.05) is 10.7 Å². The summed E-state index contributed by atoms with van der Waals surface area (Å²) in [4.78, 5) is 0. The molecule has 1 aliphatic carbocycles. The number of fused-ring (bicyclic) bond motifs is 1. The van der Waals surface area contributed by atoms with Crippen LogP contribution in [0.15, 0.2) is 29.6 Å². The fraction of sp³-hybridized carbons (Fsp3) is 0.500. The highest BCUT2D eigenvalue weighted by Gasteiger charge is 2.27. The maximum atomic E-state index is 3.69. The predicted molar refractivity (Wildman–Crippen MR) is 80.3 cm³/mol. The van der Waals surface area contributed by atoms with Crippen molar-refractivity contribution in [1.29, 1.82) is 0 Å². The van der Waals surface area contributed by atoms with Crippen molar-refractivity contribution in [3.63, 3.8) is 0 Å². The molecule has 0 spiro atoms. The summed E-state index contributed by atoms with van der Waals surface area (Å²) in [5, 5.41) is 7.51. The molecule has 1 aromatic heterocycles. The average Bonchev–Trinajstić information content (AvgIpc) is 2.71. The highest BCUT2D eigenvalue weighted by Crippen LogP contribution is 2.33. The third-order valence-corrected chi connectivity index (χ3v) is 5.20. The van der Waals surface area contributed by atoms with E-state index >= 15 is 0 Å². The second-order valence-electron chi connectivity index (χ2n) is 5.32. The first-order chi connectivity index (χ1) is 8.88. The van der Waals surface area contributed by atoms with Gasteiger partial charge < -0.3 is 5.32 Å². The van der Waals surface area contributed by atoms with E-state index < -0.39 is 0 Å². The van der Waals surface area contributed by atoms with E-state index in [0.29, 0.717) is 6.04 Å². The highest BCUT2D eigenvalue weighted by atomic mass is 32.1. The molecule has 0 radical (unpaired) electrons. The maximum absolute atomic E-state index is 3.69. The second-order valence-corrected chi connectivity index (χ2v) is 6.23. The van der Waals surface area contributed by atoms with Gasteiger partial charge in [-0.05, 0) is 54.1 Å². The lowest BCUT2D eigenvalue weighted by atomic mass is 9.77. The lowest BCUT2D eigenvalue weighted by Gasteiger charge is -2.34. The zero-order valence-corrected chi connectivity index (χ0v) is 11.8. The van der Waals surface area contributed by atoms with Crippen LogP contribution in [0.5, 0.6) is 0 Å². The minimum Gasteiger partial charge on any atom is -0.314 e. The van der Waals surface area contributed by atoms with Gasteiger partial charge in [-0.25, -0.2) is 0 Å². The molecule has 1 N–H and O–H groups in total. The molecule has 2 aromatic rings. The van der Waals surface area contributed by atoms with Crippen LogP contribution in [-0.2, 0) is 6.42 Å². The van der Waals surface area contributed by atoms with E-state index in [4.69, 9.17) is 0 Å².